The molecule has 1 aromatic heterocycles. The van der Waals surface area contributed by atoms with Crippen LogP contribution in [0.25, 0.3) is 0 Å². The number of fused-ring (bicyclic) bond motifs is 1. The summed E-state index contributed by atoms with van der Waals surface area (Å²) in [7, 11) is 0. The molecule has 1 fully saturated rings. The molecule has 0 bridgehead atoms. The van der Waals surface area contributed by atoms with Crippen LogP contribution in [0.3, 0.4) is 0 Å². The lowest BCUT2D eigenvalue weighted by Crippen LogP contribution is -2.38. The number of rotatable bonds is 5. The van der Waals surface area contributed by atoms with Crippen molar-refractivity contribution in [1.82, 2.24) is 15.3 Å². The monoisotopic (exact) mass is 474 g/mol. The Morgan fingerprint density at radius 2 is 1.59 bits per heavy atom. The summed E-state index contributed by atoms with van der Waals surface area (Å²) in [6.07, 6.45) is 1.00. The summed E-state index contributed by atoms with van der Waals surface area (Å²) in [5.74, 6) is 2.32. The Morgan fingerprint density at radius 3 is 2.35 bits per heavy atom. The fraction of sp³-hybridized carbons (Fsp3) is 0.346. The highest BCUT2D eigenvalue weighted by atomic mass is 32.1. The minimum atomic E-state index is 0.0710. The van der Waals surface area contributed by atoms with Gasteiger partial charge in [0, 0.05) is 32.2 Å². The molecule has 5 rings (SSSR count). The molecule has 0 spiro atoms. The first-order valence-corrected chi connectivity index (χ1v) is 12.2. The number of anilines is 3. The van der Waals surface area contributed by atoms with E-state index in [9.17, 15) is 0 Å². The first-order valence-electron chi connectivity index (χ1n) is 11.8. The van der Waals surface area contributed by atoms with Gasteiger partial charge < -0.3 is 25.2 Å². The summed E-state index contributed by atoms with van der Waals surface area (Å²) >= 11 is 5.61. The molecule has 34 heavy (non-hydrogen) atoms. The Bertz CT molecular complexity index is 1140. The van der Waals surface area contributed by atoms with Gasteiger partial charge in [-0.3, -0.25) is 0 Å². The van der Waals surface area contributed by atoms with Crippen LogP contribution in [-0.2, 0) is 17.7 Å². The maximum absolute atomic E-state index is 5.61. The SMILES string of the molecule is C[C@H](NC(=S)Nc1nc(N2CCOCC2)cc(N2CCc3ccccc3C2)n1)c1ccccc1. The number of hydrogen-bond acceptors (Lipinski definition) is 6. The number of thiocarbonyl (C=S) groups is 1. The molecule has 8 heteroatoms. The molecule has 7 nitrogen and oxygen atoms in total. The highest BCUT2D eigenvalue weighted by Crippen LogP contribution is 2.27. The van der Waals surface area contributed by atoms with Gasteiger partial charge in [0.15, 0.2) is 5.11 Å². The van der Waals surface area contributed by atoms with Crippen molar-refractivity contribution in [3.8, 4) is 0 Å². The molecule has 0 unspecified atom stereocenters. The van der Waals surface area contributed by atoms with Crippen molar-refractivity contribution < 1.29 is 4.74 Å². The maximum Gasteiger partial charge on any atom is 0.232 e. The van der Waals surface area contributed by atoms with E-state index in [4.69, 9.17) is 26.9 Å². The van der Waals surface area contributed by atoms with Crippen LogP contribution in [0.15, 0.2) is 60.7 Å². The molecule has 0 aliphatic carbocycles. The number of nitrogens with one attached hydrogen (secondary N) is 2. The van der Waals surface area contributed by atoms with Crippen molar-refractivity contribution in [3.63, 3.8) is 0 Å². The van der Waals surface area contributed by atoms with Crippen LogP contribution >= 0.6 is 12.2 Å². The molecule has 2 N–H and O–H groups in total. The first-order chi connectivity index (χ1) is 16.7. The number of hydrogen-bond donors (Lipinski definition) is 2. The Morgan fingerprint density at radius 1 is 0.912 bits per heavy atom. The largest absolute Gasteiger partial charge is 0.378 e. The van der Waals surface area contributed by atoms with Gasteiger partial charge in [0.25, 0.3) is 0 Å². The molecule has 2 aliphatic heterocycles. The second kappa shape index (κ2) is 10.4. The molecule has 0 radical (unpaired) electrons. The van der Waals surface area contributed by atoms with E-state index in [0.29, 0.717) is 24.3 Å². The molecular formula is C26H30N6OS. The lowest BCUT2D eigenvalue weighted by atomic mass is 10.00. The van der Waals surface area contributed by atoms with Crippen LogP contribution in [0.2, 0.25) is 0 Å². The Kier molecular flexibility index (Phi) is 6.87. The Balaban J connectivity index is 1.37. The van der Waals surface area contributed by atoms with Gasteiger partial charge in [0.2, 0.25) is 5.95 Å². The normalized spacial score (nSPS) is 16.5. The predicted octanol–water partition coefficient (Wildman–Crippen LogP) is 3.92. The summed E-state index contributed by atoms with van der Waals surface area (Å²) in [6, 6.07) is 21.0. The quantitative estimate of drug-likeness (QED) is 0.540. The van der Waals surface area contributed by atoms with Gasteiger partial charge >= 0.3 is 0 Å². The van der Waals surface area contributed by atoms with Gasteiger partial charge in [0.1, 0.15) is 11.6 Å². The average molecular weight is 475 g/mol. The van der Waals surface area contributed by atoms with E-state index in [1.165, 1.54) is 16.7 Å². The highest BCUT2D eigenvalue weighted by molar-refractivity contribution is 7.80. The molecule has 1 saturated heterocycles. The molecule has 2 aromatic carbocycles. The zero-order valence-corrected chi connectivity index (χ0v) is 20.2. The summed E-state index contributed by atoms with van der Waals surface area (Å²) in [5.41, 5.74) is 3.94. The third-order valence-electron chi connectivity index (χ3n) is 6.36. The highest BCUT2D eigenvalue weighted by Gasteiger charge is 2.21. The van der Waals surface area contributed by atoms with Crippen LogP contribution in [-0.4, -0.2) is 47.9 Å². The van der Waals surface area contributed by atoms with Crippen molar-refractivity contribution in [2.24, 2.45) is 0 Å². The molecule has 0 amide bonds. The molecular weight excluding hydrogens is 444 g/mol. The predicted molar refractivity (Wildman–Crippen MR) is 140 cm³/mol. The van der Waals surface area contributed by atoms with Crippen molar-refractivity contribution in [1.29, 1.82) is 0 Å². The number of aromatic nitrogens is 2. The second-order valence-corrected chi connectivity index (χ2v) is 9.09. The molecule has 3 heterocycles. The smallest absolute Gasteiger partial charge is 0.232 e. The lowest BCUT2D eigenvalue weighted by Gasteiger charge is -2.32. The van der Waals surface area contributed by atoms with Crippen molar-refractivity contribution >= 4 is 34.9 Å². The van der Waals surface area contributed by atoms with E-state index in [1.807, 2.05) is 18.2 Å². The van der Waals surface area contributed by atoms with Crippen LogP contribution < -0.4 is 20.4 Å². The molecule has 0 saturated carbocycles. The lowest BCUT2D eigenvalue weighted by molar-refractivity contribution is 0.122. The third kappa shape index (κ3) is 5.29. The summed E-state index contributed by atoms with van der Waals surface area (Å²) in [4.78, 5) is 14.2. The van der Waals surface area contributed by atoms with Crippen LogP contribution in [0.5, 0.6) is 0 Å². The Hall–Kier alpha value is -3.23. The van der Waals surface area contributed by atoms with Gasteiger partial charge in [-0.25, -0.2) is 0 Å². The van der Waals surface area contributed by atoms with E-state index in [-0.39, 0.29) is 6.04 Å². The Labute approximate surface area is 206 Å². The van der Waals surface area contributed by atoms with Crippen molar-refractivity contribution in [3.05, 3.63) is 77.4 Å². The zero-order chi connectivity index (χ0) is 23.3. The number of benzene rings is 2. The number of ether oxygens (including phenoxy) is 1. The fourth-order valence-electron chi connectivity index (χ4n) is 4.44. The van der Waals surface area contributed by atoms with Gasteiger partial charge in [-0.05, 0) is 42.3 Å². The number of morpholine rings is 1. The van der Waals surface area contributed by atoms with E-state index >= 15 is 0 Å². The van der Waals surface area contributed by atoms with Crippen molar-refractivity contribution in [2.75, 3.05) is 48.0 Å². The topological polar surface area (TPSA) is 65.6 Å². The van der Waals surface area contributed by atoms with Crippen molar-refractivity contribution in [2.45, 2.75) is 25.9 Å². The second-order valence-electron chi connectivity index (χ2n) is 8.68. The van der Waals surface area contributed by atoms with Gasteiger partial charge in [-0.1, -0.05) is 54.6 Å². The average Bonchev–Trinajstić information content (AvgIpc) is 2.89. The fourth-order valence-corrected chi connectivity index (χ4v) is 4.71. The minimum Gasteiger partial charge on any atom is -0.378 e. The van der Waals surface area contributed by atoms with E-state index < -0.39 is 0 Å². The van der Waals surface area contributed by atoms with Crippen LogP contribution in [0, 0.1) is 0 Å². The van der Waals surface area contributed by atoms with Gasteiger partial charge in [-0.15, -0.1) is 0 Å². The number of nitrogens with zero attached hydrogens (tertiary/aromatic N) is 4. The summed E-state index contributed by atoms with van der Waals surface area (Å²) < 4.78 is 5.55. The van der Waals surface area contributed by atoms with Crippen LogP contribution in [0.4, 0.5) is 17.6 Å². The molecule has 2 aliphatic rings. The van der Waals surface area contributed by atoms with Crippen LogP contribution in [0.1, 0.15) is 29.7 Å². The van der Waals surface area contributed by atoms with E-state index in [1.54, 1.807) is 0 Å². The summed E-state index contributed by atoms with van der Waals surface area (Å²) in [5, 5.41) is 7.09. The third-order valence-corrected chi connectivity index (χ3v) is 6.58. The van der Waals surface area contributed by atoms with Gasteiger partial charge in [0.05, 0.1) is 19.3 Å². The maximum atomic E-state index is 5.61. The summed E-state index contributed by atoms with van der Waals surface area (Å²) in [6.45, 7) is 6.87. The molecule has 1 atom stereocenters. The molecule has 176 valence electrons. The van der Waals surface area contributed by atoms with Gasteiger partial charge in [-0.2, -0.15) is 9.97 Å². The molecule has 3 aromatic rings. The zero-order valence-electron chi connectivity index (χ0n) is 19.4. The minimum absolute atomic E-state index is 0.0710. The first kappa shape index (κ1) is 22.6. The van der Waals surface area contributed by atoms with E-state index in [0.717, 1.165) is 44.2 Å². The van der Waals surface area contributed by atoms with E-state index in [2.05, 4.69) is 69.8 Å². The standard InChI is InChI=1S/C26H30N6OS/c1-19(20-7-3-2-4-8-20)27-26(34)30-25-28-23(31-13-15-33-16-14-31)17-24(29-25)32-12-11-21-9-5-6-10-22(21)18-32/h2-10,17,19H,11-16,18H2,1H3,(H2,27,28,29,30,34)/t19-/m0/s1.